The summed E-state index contributed by atoms with van der Waals surface area (Å²) in [5.74, 6) is 0. The number of rotatable bonds is 3. The molecule has 2 aliphatic rings. The molecule has 0 radical (unpaired) electrons. The number of ether oxygens (including phenoxy) is 2. The average Bonchev–Trinajstić information content (AvgIpc) is 2.30. The van der Waals surface area contributed by atoms with Crippen LogP contribution < -0.4 is 0 Å². The van der Waals surface area contributed by atoms with Gasteiger partial charge in [-0.1, -0.05) is 0 Å². The van der Waals surface area contributed by atoms with E-state index >= 15 is 0 Å². The van der Waals surface area contributed by atoms with E-state index in [1.807, 2.05) is 0 Å². The van der Waals surface area contributed by atoms with Crippen molar-refractivity contribution in [2.45, 2.75) is 12.1 Å². The Morgan fingerprint density at radius 2 is 2.19 bits per heavy atom. The summed E-state index contributed by atoms with van der Waals surface area (Å²) in [5, 5.41) is 9.27. The van der Waals surface area contributed by atoms with Gasteiger partial charge in [0.2, 0.25) is 0 Å². The average molecular weight is 230 g/mol. The fourth-order valence-corrected chi connectivity index (χ4v) is 2.34. The van der Waals surface area contributed by atoms with Crippen molar-refractivity contribution in [3.05, 3.63) is 0 Å². The van der Waals surface area contributed by atoms with Gasteiger partial charge in [-0.3, -0.25) is 4.90 Å². The molecule has 1 N–H and O–H groups in total. The molecular weight excluding hydrogens is 208 g/mol. The standard InChI is InChI=1S/C11H22N2O3/c1-12-2-5-16-11(6-12)7-13-3-4-15-9-10(13)8-14/h10-11,14H,2-9H2,1H3. The van der Waals surface area contributed by atoms with Gasteiger partial charge < -0.3 is 19.5 Å². The van der Waals surface area contributed by atoms with Gasteiger partial charge in [-0.05, 0) is 7.05 Å². The molecule has 0 aliphatic carbocycles. The SMILES string of the molecule is CN1CCOC(CN2CCOCC2CO)C1. The van der Waals surface area contributed by atoms with Crippen LogP contribution in [0.25, 0.3) is 0 Å². The maximum absolute atomic E-state index is 9.27. The van der Waals surface area contributed by atoms with Gasteiger partial charge in [0.15, 0.2) is 0 Å². The Morgan fingerprint density at radius 3 is 2.94 bits per heavy atom. The van der Waals surface area contributed by atoms with Crippen molar-refractivity contribution in [2.75, 3.05) is 59.7 Å². The van der Waals surface area contributed by atoms with Crippen molar-refractivity contribution in [1.82, 2.24) is 9.80 Å². The second kappa shape index (κ2) is 5.93. The zero-order valence-corrected chi connectivity index (χ0v) is 9.97. The molecule has 2 rings (SSSR count). The van der Waals surface area contributed by atoms with Crippen molar-refractivity contribution >= 4 is 0 Å². The zero-order chi connectivity index (χ0) is 11.4. The van der Waals surface area contributed by atoms with Crippen molar-refractivity contribution in [3.63, 3.8) is 0 Å². The highest BCUT2D eigenvalue weighted by Crippen LogP contribution is 2.11. The molecule has 0 aromatic heterocycles. The highest BCUT2D eigenvalue weighted by Gasteiger charge is 2.27. The van der Waals surface area contributed by atoms with Crippen LogP contribution in [0.3, 0.4) is 0 Å². The Hall–Kier alpha value is -0.200. The molecule has 2 saturated heterocycles. The van der Waals surface area contributed by atoms with Crippen LogP contribution in [-0.2, 0) is 9.47 Å². The fraction of sp³-hybridized carbons (Fsp3) is 1.00. The fourth-order valence-electron chi connectivity index (χ4n) is 2.34. The van der Waals surface area contributed by atoms with E-state index in [0.29, 0.717) is 6.61 Å². The van der Waals surface area contributed by atoms with Gasteiger partial charge in [-0.15, -0.1) is 0 Å². The van der Waals surface area contributed by atoms with Crippen LogP contribution in [-0.4, -0.2) is 86.7 Å². The van der Waals surface area contributed by atoms with Gasteiger partial charge >= 0.3 is 0 Å². The molecule has 0 bridgehead atoms. The monoisotopic (exact) mass is 230 g/mol. The summed E-state index contributed by atoms with van der Waals surface area (Å²) in [4.78, 5) is 4.58. The van der Waals surface area contributed by atoms with Gasteiger partial charge in [-0.25, -0.2) is 0 Å². The number of aliphatic hydroxyl groups excluding tert-OH is 1. The van der Waals surface area contributed by atoms with Crippen LogP contribution in [0.15, 0.2) is 0 Å². The van der Waals surface area contributed by atoms with E-state index in [2.05, 4.69) is 16.8 Å². The molecule has 2 fully saturated rings. The first-order valence-electron chi connectivity index (χ1n) is 6.02. The summed E-state index contributed by atoms with van der Waals surface area (Å²) in [6.45, 7) is 6.18. The summed E-state index contributed by atoms with van der Waals surface area (Å²) >= 11 is 0. The second-order valence-electron chi connectivity index (χ2n) is 4.66. The van der Waals surface area contributed by atoms with E-state index in [1.54, 1.807) is 0 Å². The normalized spacial score (nSPS) is 34.1. The van der Waals surface area contributed by atoms with Crippen LogP contribution in [0.2, 0.25) is 0 Å². The minimum Gasteiger partial charge on any atom is -0.395 e. The number of aliphatic hydroxyl groups is 1. The summed E-state index contributed by atoms with van der Waals surface area (Å²) in [6, 6.07) is 0.143. The Morgan fingerprint density at radius 1 is 1.31 bits per heavy atom. The highest BCUT2D eigenvalue weighted by atomic mass is 16.5. The largest absolute Gasteiger partial charge is 0.395 e. The number of hydrogen-bond acceptors (Lipinski definition) is 5. The quantitative estimate of drug-likeness (QED) is 0.674. The Kier molecular flexibility index (Phi) is 4.55. The first-order valence-corrected chi connectivity index (χ1v) is 6.02. The third-order valence-corrected chi connectivity index (χ3v) is 3.34. The topological polar surface area (TPSA) is 45.2 Å². The molecule has 0 amide bonds. The van der Waals surface area contributed by atoms with Crippen LogP contribution in [0.4, 0.5) is 0 Å². The van der Waals surface area contributed by atoms with Crippen molar-refractivity contribution < 1.29 is 14.6 Å². The minimum atomic E-state index is 0.143. The summed E-state index contributed by atoms with van der Waals surface area (Å²) < 4.78 is 11.1. The van der Waals surface area contributed by atoms with Crippen molar-refractivity contribution in [3.8, 4) is 0 Å². The van der Waals surface area contributed by atoms with Gasteiger partial charge in [-0.2, -0.15) is 0 Å². The summed E-state index contributed by atoms with van der Waals surface area (Å²) in [5.41, 5.74) is 0. The van der Waals surface area contributed by atoms with Gasteiger partial charge in [0.05, 0.1) is 38.6 Å². The van der Waals surface area contributed by atoms with Crippen LogP contribution >= 0.6 is 0 Å². The van der Waals surface area contributed by atoms with E-state index in [1.165, 1.54) is 0 Å². The van der Waals surface area contributed by atoms with E-state index in [-0.39, 0.29) is 18.8 Å². The van der Waals surface area contributed by atoms with Crippen LogP contribution in [0.5, 0.6) is 0 Å². The molecule has 94 valence electrons. The molecule has 5 nitrogen and oxygen atoms in total. The lowest BCUT2D eigenvalue weighted by Gasteiger charge is -2.39. The van der Waals surface area contributed by atoms with Crippen LogP contribution in [0, 0.1) is 0 Å². The molecule has 2 heterocycles. The predicted molar refractivity (Wildman–Crippen MR) is 60.5 cm³/mol. The molecule has 2 aliphatic heterocycles. The number of morpholine rings is 2. The summed E-state index contributed by atoms with van der Waals surface area (Å²) in [6.07, 6.45) is 0.269. The van der Waals surface area contributed by atoms with Crippen LogP contribution in [0.1, 0.15) is 0 Å². The molecule has 5 heteroatoms. The molecule has 0 spiro atoms. The maximum atomic E-state index is 9.27. The molecule has 0 aromatic rings. The number of hydrogen-bond donors (Lipinski definition) is 1. The highest BCUT2D eigenvalue weighted by molar-refractivity contribution is 4.80. The van der Waals surface area contributed by atoms with E-state index in [0.717, 1.165) is 39.4 Å². The summed E-state index contributed by atoms with van der Waals surface area (Å²) in [7, 11) is 2.12. The maximum Gasteiger partial charge on any atom is 0.0829 e. The van der Waals surface area contributed by atoms with E-state index in [4.69, 9.17) is 9.47 Å². The first-order chi connectivity index (χ1) is 7.79. The molecule has 0 saturated carbocycles. The lowest BCUT2D eigenvalue weighted by molar-refractivity contribution is -0.0767. The predicted octanol–water partition coefficient (Wildman–Crippen LogP) is -0.990. The van der Waals surface area contributed by atoms with Crippen molar-refractivity contribution in [2.24, 2.45) is 0 Å². The van der Waals surface area contributed by atoms with Gasteiger partial charge in [0.25, 0.3) is 0 Å². The Labute approximate surface area is 96.9 Å². The smallest absolute Gasteiger partial charge is 0.0829 e. The molecule has 0 aromatic carbocycles. The molecule has 16 heavy (non-hydrogen) atoms. The van der Waals surface area contributed by atoms with Crippen molar-refractivity contribution in [1.29, 1.82) is 0 Å². The first kappa shape index (κ1) is 12.3. The third-order valence-electron chi connectivity index (χ3n) is 3.34. The van der Waals surface area contributed by atoms with E-state index in [9.17, 15) is 5.11 Å². The number of nitrogens with zero attached hydrogens (tertiary/aromatic N) is 2. The third kappa shape index (κ3) is 3.15. The molecule has 2 unspecified atom stereocenters. The Balaban J connectivity index is 1.82. The second-order valence-corrected chi connectivity index (χ2v) is 4.66. The lowest BCUT2D eigenvalue weighted by atomic mass is 10.2. The van der Waals surface area contributed by atoms with Gasteiger partial charge in [0.1, 0.15) is 0 Å². The number of likely N-dealkylation sites (N-methyl/N-ethyl adjacent to an activating group) is 1. The molecule has 2 atom stereocenters. The minimum absolute atomic E-state index is 0.143. The zero-order valence-electron chi connectivity index (χ0n) is 9.97. The Bertz CT molecular complexity index is 215. The van der Waals surface area contributed by atoms with E-state index < -0.39 is 0 Å². The molecular formula is C11H22N2O3. The lowest BCUT2D eigenvalue weighted by Crippen LogP contribution is -2.53. The van der Waals surface area contributed by atoms with Gasteiger partial charge in [0, 0.05) is 26.2 Å².